The lowest BCUT2D eigenvalue weighted by Gasteiger charge is -2.09. The number of nitrogens with one attached hydrogen (secondary N) is 1. The molecule has 1 amide bonds. The summed E-state index contributed by atoms with van der Waals surface area (Å²) in [4.78, 5) is 16.4. The number of nitrogens with zero attached hydrogens (tertiary/aromatic N) is 1. The molecular weight excluding hydrogens is 314 g/mol. The van der Waals surface area contributed by atoms with Crippen molar-refractivity contribution in [1.29, 1.82) is 0 Å². The van der Waals surface area contributed by atoms with Gasteiger partial charge in [-0.05, 0) is 48.9 Å². The van der Waals surface area contributed by atoms with E-state index in [0.29, 0.717) is 17.9 Å². The molecule has 0 radical (unpaired) electrons. The number of rotatable bonds is 5. The van der Waals surface area contributed by atoms with Crippen LogP contribution in [0.3, 0.4) is 0 Å². The Labute approximate surface area is 146 Å². The highest BCUT2D eigenvalue weighted by atomic mass is 16.5. The summed E-state index contributed by atoms with van der Waals surface area (Å²) in [6, 6.07) is 20.6. The molecule has 5 heteroatoms. The van der Waals surface area contributed by atoms with E-state index in [1.807, 2.05) is 49.4 Å². The number of hydrogen-bond donors (Lipinski definition) is 2. The highest BCUT2D eigenvalue weighted by molar-refractivity contribution is 6.07. The van der Waals surface area contributed by atoms with Gasteiger partial charge in [0.2, 0.25) is 0 Å². The molecule has 3 N–H and O–H groups in total. The van der Waals surface area contributed by atoms with Gasteiger partial charge in [0.15, 0.2) is 0 Å². The first-order valence-electron chi connectivity index (χ1n) is 7.93. The molecule has 1 heterocycles. The van der Waals surface area contributed by atoms with Crippen LogP contribution in [-0.2, 0) is 6.61 Å². The van der Waals surface area contributed by atoms with Gasteiger partial charge >= 0.3 is 0 Å². The molecule has 0 aliphatic rings. The zero-order chi connectivity index (χ0) is 17.6. The van der Waals surface area contributed by atoms with E-state index in [1.54, 1.807) is 24.3 Å². The van der Waals surface area contributed by atoms with E-state index in [-0.39, 0.29) is 11.7 Å². The Bertz CT molecular complexity index is 862. The number of nitrogen functional groups attached to an aromatic ring is 1. The van der Waals surface area contributed by atoms with Crippen LogP contribution in [0.5, 0.6) is 5.75 Å². The molecule has 0 aliphatic carbocycles. The molecule has 25 heavy (non-hydrogen) atoms. The van der Waals surface area contributed by atoms with E-state index < -0.39 is 0 Å². The van der Waals surface area contributed by atoms with Gasteiger partial charge in [-0.1, -0.05) is 30.3 Å². The summed E-state index contributed by atoms with van der Waals surface area (Å²) in [5.74, 6) is 0.668. The standard InChI is InChI=1S/C20H19N3O2/c1-14-7-12-18(19(21)22-14)20(24)23-16-8-10-17(11-9-16)25-13-15-5-3-2-4-6-15/h2-12H,13H2,1H3,(H2,21,22)(H,23,24). The number of carbonyl (C=O) groups excluding carboxylic acids is 1. The Morgan fingerprint density at radius 2 is 1.76 bits per heavy atom. The summed E-state index contributed by atoms with van der Waals surface area (Å²) < 4.78 is 5.73. The molecular formula is C20H19N3O2. The normalized spacial score (nSPS) is 10.3. The number of anilines is 2. The zero-order valence-electron chi connectivity index (χ0n) is 13.9. The number of aromatic nitrogens is 1. The molecule has 0 aliphatic heterocycles. The van der Waals surface area contributed by atoms with E-state index in [4.69, 9.17) is 10.5 Å². The summed E-state index contributed by atoms with van der Waals surface area (Å²) in [7, 11) is 0. The van der Waals surface area contributed by atoms with Crippen LogP contribution in [0.25, 0.3) is 0 Å². The van der Waals surface area contributed by atoms with Gasteiger partial charge in [0, 0.05) is 11.4 Å². The third kappa shape index (κ3) is 4.35. The lowest BCUT2D eigenvalue weighted by atomic mass is 10.2. The number of aryl methyl sites for hydroxylation is 1. The van der Waals surface area contributed by atoms with Crippen LogP contribution >= 0.6 is 0 Å². The van der Waals surface area contributed by atoms with Gasteiger partial charge in [-0.25, -0.2) is 4.98 Å². The molecule has 1 aromatic heterocycles. The van der Waals surface area contributed by atoms with E-state index in [1.165, 1.54) is 0 Å². The smallest absolute Gasteiger partial charge is 0.259 e. The van der Waals surface area contributed by atoms with Crippen molar-refractivity contribution >= 4 is 17.4 Å². The van der Waals surface area contributed by atoms with Crippen LogP contribution in [0.1, 0.15) is 21.6 Å². The fourth-order valence-corrected chi connectivity index (χ4v) is 2.34. The van der Waals surface area contributed by atoms with Crippen molar-refractivity contribution in [2.24, 2.45) is 0 Å². The Morgan fingerprint density at radius 3 is 2.44 bits per heavy atom. The Kier molecular flexibility index (Phi) is 4.95. The van der Waals surface area contributed by atoms with E-state index >= 15 is 0 Å². The van der Waals surface area contributed by atoms with Gasteiger partial charge in [0.25, 0.3) is 5.91 Å². The number of amides is 1. The number of nitrogens with two attached hydrogens (primary N) is 1. The van der Waals surface area contributed by atoms with E-state index in [0.717, 1.165) is 17.0 Å². The predicted molar refractivity (Wildman–Crippen MR) is 98.6 cm³/mol. The molecule has 0 bridgehead atoms. The number of pyridine rings is 1. The highest BCUT2D eigenvalue weighted by Gasteiger charge is 2.11. The zero-order valence-corrected chi connectivity index (χ0v) is 13.9. The van der Waals surface area contributed by atoms with Crippen LogP contribution in [0, 0.1) is 6.92 Å². The Hall–Kier alpha value is -3.34. The molecule has 0 spiro atoms. The first-order valence-corrected chi connectivity index (χ1v) is 7.93. The molecule has 2 aromatic carbocycles. The maximum absolute atomic E-state index is 12.3. The third-order valence-corrected chi connectivity index (χ3v) is 3.67. The van der Waals surface area contributed by atoms with Crippen molar-refractivity contribution in [3.63, 3.8) is 0 Å². The summed E-state index contributed by atoms with van der Waals surface area (Å²) in [6.45, 7) is 2.32. The lowest BCUT2D eigenvalue weighted by Crippen LogP contribution is -2.15. The van der Waals surface area contributed by atoms with Crippen molar-refractivity contribution < 1.29 is 9.53 Å². The second-order valence-electron chi connectivity index (χ2n) is 5.64. The van der Waals surface area contributed by atoms with Crippen molar-refractivity contribution in [2.45, 2.75) is 13.5 Å². The maximum Gasteiger partial charge on any atom is 0.259 e. The Balaban J connectivity index is 1.61. The van der Waals surface area contributed by atoms with E-state index in [9.17, 15) is 4.79 Å². The fraction of sp³-hybridized carbons (Fsp3) is 0.100. The van der Waals surface area contributed by atoms with Crippen molar-refractivity contribution in [3.05, 3.63) is 83.6 Å². The first kappa shape index (κ1) is 16.5. The highest BCUT2D eigenvalue weighted by Crippen LogP contribution is 2.19. The first-order chi connectivity index (χ1) is 12.1. The summed E-state index contributed by atoms with van der Waals surface area (Å²) in [6.07, 6.45) is 0. The van der Waals surface area contributed by atoms with Crippen LogP contribution in [0.2, 0.25) is 0 Å². The second-order valence-corrected chi connectivity index (χ2v) is 5.64. The molecule has 0 saturated heterocycles. The van der Waals surface area contributed by atoms with Crippen LogP contribution in [0.15, 0.2) is 66.7 Å². The summed E-state index contributed by atoms with van der Waals surface area (Å²) in [5, 5.41) is 2.81. The monoisotopic (exact) mass is 333 g/mol. The summed E-state index contributed by atoms with van der Waals surface area (Å²) in [5.41, 5.74) is 8.69. The summed E-state index contributed by atoms with van der Waals surface area (Å²) >= 11 is 0. The average molecular weight is 333 g/mol. The molecule has 0 atom stereocenters. The van der Waals surface area contributed by atoms with Crippen molar-refractivity contribution in [1.82, 2.24) is 4.98 Å². The minimum absolute atomic E-state index is 0.223. The number of hydrogen-bond acceptors (Lipinski definition) is 4. The van der Waals surface area contributed by atoms with Gasteiger partial charge < -0.3 is 15.8 Å². The third-order valence-electron chi connectivity index (χ3n) is 3.67. The topological polar surface area (TPSA) is 77.2 Å². The quantitative estimate of drug-likeness (QED) is 0.744. The van der Waals surface area contributed by atoms with Crippen molar-refractivity contribution in [3.8, 4) is 5.75 Å². The van der Waals surface area contributed by atoms with Gasteiger partial charge in [0.1, 0.15) is 18.2 Å². The SMILES string of the molecule is Cc1ccc(C(=O)Nc2ccc(OCc3ccccc3)cc2)c(N)n1. The van der Waals surface area contributed by atoms with Gasteiger partial charge in [0.05, 0.1) is 5.56 Å². The number of benzene rings is 2. The molecule has 0 unspecified atom stereocenters. The van der Waals surface area contributed by atoms with Crippen molar-refractivity contribution in [2.75, 3.05) is 11.1 Å². The molecule has 5 nitrogen and oxygen atoms in total. The molecule has 3 aromatic rings. The van der Waals surface area contributed by atoms with Gasteiger partial charge in [-0.2, -0.15) is 0 Å². The van der Waals surface area contributed by atoms with Crippen LogP contribution < -0.4 is 15.8 Å². The fourth-order valence-electron chi connectivity index (χ4n) is 2.34. The molecule has 126 valence electrons. The Morgan fingerprint density at radius 1 is 1.04 bits per heavy atom. The second kappa shape index (κ2) is 7.49. The van der Waals surface area contributed by atoms with Crippen LogP contribution in [-0.4, -0.2) is 10.9 Å². The predicted octanol–water partition coefficient (Wildman–Crippen LogP) is 3.80. The lowest BCUT2D eigenvalue weighted by molar-refractivity contribution is 0.102. The minimum Gasteiger partial charge on any atom is -0.489 e. The van der Waals surface area contributed by atoms with E-state index in [2.05, 4.69) is 10.3 Å². The molecule has 3 rings (SSSR count). The largest absolute Gasteiger partial charge is 0.489 e. The molecule has 0 saturated carbocycles. The average Bonchev–Trinajstić information content (AvgIpc) is 2.62. The van der Waals surface area contributed by atoms with Gasteiger partial charge in [-0.15, -0.1) is 0 Å². The number of ether oxygens (including phenoxy) is 1. The molecule has 0 fully saturated rings. The minimum atomic E-state index is -0.289. The van der Waals surface area contributed by atoms with Gasteiger partial charge in [-0.3, -0.25) is 4.79 Å². The maximum atomic E-state index is 12.3. The van der Waals surface area contributed by atoms with Crippen LogP contribution in [0.4, 0.5) is 11.5 Å². The number of carbonyl (C=O) groups is 1.